The first-order valence-electron chi connectivity index (χ1n) is 10.6. The van der Waals surface area contributed by atoms with Crippen molar-refractivity contribution in [3.8, 4) is 0 Å². The van der Waals surface area contributed by atoms with Crippen LogP contribution in [0.3, 0.4) is 0 Å². The summed E-state index contributed by atoms with van der Waals surface area (Å²) in [5.41, 5.74) is 4.39. The maximum absolute atomic E-state index is 5.47. The van der Waals surface area contributed by atoms with E-state index in [0.29, 0.717) is 5.95 Å². The van der Waals surface area contributed by atoms with Gasteiger partial charge in [-0.25, -0.2) is 9.97 Å². The van der Waals surface area contributed by atoms with Gasteiger partial charge >= 0.3 is 0 Å². The number of benzene rings is 2. The number of nitrogens with zero attached hydrogens (tertiary/aromatic N) is 5. The van der Waals surface area contributed by atoms with Crippen LogP contribution in [0.1, 0.15) is 0 Å². The third-order valence-electron chi connectivity index (χ3n) is 5.91. The first-order chi connectivity index (χ1) is 14.7. The summed E-state index contributed by atoms with van der Waals surface area (Å²) < 4.78 is 5.47. The number of hydrogen-bond acceptors (Lipinski definition) is 7. The Morgan fingerprint density at radius 1 is 0.867 bits per heavy atom. The fourth-order valence-electron chi connectivity index (χ4n) is 4.06. The van der Waals surface area contributed by atoms with E-state index in [1.54, 1.807) is 0 Å². The van der Waals surface area contributed by atoms with Crippen molar-refractivity contribution < 1.29 is 4.74 Å². The van der Waals surface area contributed by atoms with Crippen molar-refractivity contribution in [2.24, 2.45) is 0 Å². The second-order valence-corrected chi connectivity index (χ2v) is 8.00. The second kappa shape index (κ2) is 8.45. The van der Waals surface area contributed by atoms with Gasteiger partial charge in [-0.2, -0.15) is 0 Å². The van der Waals surface area contributed by atoms with E-state index >= 15 is 0 Å². The van der Waals surface area contributed by atoms with Crippen LogP contribution in [0.2, 0.25) is 0 Å². The number of aromatic nitrogens is 2. The molecule has 3 aromatic rings. The minimum Gasteiger partial charge on any atom is -0.378 e. The normalized spacial score (nSPS) is 18.0. The number of fused-ring (bicyclic) bond motifs is 1. The molecular weight excluding hydrogens is 376 g/mol. The van der Waals surface area contributed by atoms with Crippen molar-refractivity contribution in [1.29, 1.82) is 0 Å². The number of anilines is 4. The van der Waals surface area contributed by atoms with Crippen LogP contribution in [0.25, 0.3) is 10.9 Å². The Kier molecular flexibility index (Phi) is 5.38. The lowest BCUT2D eigenvalue weighted by molar-refractivity contribution is 0.122. The van der Waals surface area contributed by atoms with Crippen LogP contribution in [-0.2, 0) is 4.74 Å². The lowest BCUT2D eigenvalue weighted by Gasteiger charge is -2.34. The monoisotopic (exact) mass is 404 g/mol. The van der Waals surface area contributed by atoms with Gasteiger partial charge in [0, 0.05) is 67.9 Å². The zero-order valence-electron chi connectivity index (χ0n) is 17.4. The number of hydrogen-bond donors (Lipinski definition) is 1. The van der Waals surface area contributed by atoms with E-state index in [-0.39, 0.29) is 0 Å². The Morgan fingerprint density at radius 2 is 1.63 bits per heavy atom. The summed E-state index contributed by atoms with van der Waals surface area (Å²) in [6.45, 7) is 7.68. The Morgan fingerprint density at radius 3 is 2.47 bits per heavy atom. The molecule has 2 aliphatic rings. The third kappa shape index (κ3) is 4.17. The van der Waals surface area contributed by atoms with Crippen LogP contribution in [0.4, 0.5) is 23.0 Å². The fourth-order valence-corrected chi connectivity index (χ4v) is 4.06. The predicted molar refractivity (Wildman–Crippen MR) is 122 cm³/mol. The summed E-state index contributed by atoms with van der Waals surface area (Å²) in [5.74, 6) is 0.622. The van der Waals surface area contributed by atoms with E-state index in [1.807, 2.05) is 6.20 Å². The molecule has 2 saturated heterocycles. The van der Waals surface area contributed by atoms with Crippen LogP contribution in [-0.4, -0.2) is 74.4 Å². The first-order valence-corrected chi connectivity index (χ1v) is 10.6. The molecule has 5 rings (SSSR count). The lowest BCUT2D eigenvalue weighted by Crippen LogP contribution is -2.44. The van der Waals surface area contributed by atoms with Crippen molar-refractivity contribution in [1.82, 2.24) is 14.9 Å². The second-order valence-electron chi connectivity index (χ2n) is 8.00. The number of piperazine rings is 1. The topological polar surface area (TPSA) is 56.8 Å². The van der Waals surface area contributed by atoms with E-state index < -0.39 is 0 Å². The average molecular weight is 405 g/mol. The highest BCUT2D eigenvalue weighted by molar-refractivity contribution is 5.83. The third-order valence-corrected chi connectivity index (χ3v) is 5.91. The zero-order valence-corrected chi connectivity index (χ0v) is 17.4. The summed E-state index contributed by atoms with van der Waals surface area (Å²) in [6, 6.07) is 14.9. The van der Waals surface area contributed by atoms with Gasteiger partial charge in [-0.1, -0.05) is 6.07 Å². The van der Waals surface area contributed by atoms with Crippen LogP contribution < -0.4 is 15.1 Å². The van der Waals surface area contributed by atoms with E-state index in [0.717, 1.165) is 69.1 Å². The van der Waals surface area contributed by atoms with E-state index in [1.165, 1.54) is 11.4 Å². The van der Waals surface area contributed by atoms with Gasteiger partial charge in [0.25, 0.3) is 0 Å². The first kappa shape index (κ1) is 19.1. The van der Waals surface area contributed by atoms with Crippen molar-refractivity contribution in [2.45, 2.75) is 0 Å². The van der Waals surface area contributed by atoms with Crippen molar-refractivity contribution in [3.05, 3.63) is 48.7 Å². The molecule has 2 aromatic carbocycles. The maximum atomic E-state index is 5.47. The van der Waals surface area contributed by atoms with Crippen LogP contribution >= 0.6 is 0 Å². The molecule has 1 N–H and O–H groups in total. The Hall–Kier alpha value is -2.90. The van der Waals surface area contributed by atoms with E-state index in [4.69, 9.17) is 9.72 Å². The minimum absolute atomic E-state index is 0.622. The summed E-state index contributed by atoms with van der Waals surface area (Å²) in [7, 11) is 2.18. The molecule has 0 aliphatic carbocycles. The molecule has 0 radical (unpaired) electrons. The van der Waals surface area contributed by atoms with Crippen molar-refractivity contribution in [2.75, 3.05) is 74.6 Å². The molecule has 0 saturated carbocycles. The van der Waals surface area contributed by atoms with Gasteiger partial charge in [0.05, 0.1) is 18.7 Å². The molecule has 0 atom stereocenters. The number of rotatable bonds is 4. The number of ether oxygens (including phenoxy) is 1. The summed E-state index contributed by atoms with van der Waals surface area (Å²) in [4.78, 5) is 16.4. The van der Waals surface area contributed by atoms with Gasteiger partial charge in [0.2, 0.25) is 5.95 Å². The summed E-state index contributed by atoms with van der Waals surface area (Å²) in [5, 5.41) is 4.44. The fraction of sp³-hybridized carbons (Fsp3) is 0.391. The SMILES string of the molecule is CN1CCN(c2cccc(Nc3ncc4ccc(N5CCOCC5)cc4n3)c2)CC1. The lowest BCUT2D eigenvalue weighted by atomic mass is 10.2. The standard InChI is InChI=1S/C23H28N6O/c1-27-7-9-28(10-8-27)20-4-2-3-19(15-20)25-23-24-17-18-5-6-21(16-22(18)26-23)29-11-13-30-14-12-29/h2-6,15-17H,7-14H2,1H3,(H,24,25,26). The highest BCUT2D eigenvalue weighted by atomic mass is 16.5. The maximum Gasteiger partial charge on any atom is 0.227 e. The zero-order chi connectivity index (χ0) is 20.3. The molecule has 156 valence electrons. The van der Waals surface area contributed by atoms with Crippen LogP contribution in [0, 0.1) is 0 Å². The molecule has 30 heavy (non-hydrogen) atoms. The molecule has 0 bridgehead atoms. The largest absolute Gasteiger partial charge is 0.378 e. The molecule has 7 heteroatoms. The Bertz CT molecular complexity index is 1010. The smallest absolute Gasteiger partial charge is 0.227 e. The van der Waals surface area contributed by atoms with Gasteiger partial charge in [-0.15, -0.1) is 0 Å². The molecule has 0 spiro atoms. The van der Waals surface area contributed by atoms with Crippen molar-refractivity contribution in [3.63, 3.8) is 0 Å². The molecule has 2 fully saturated rings. The van der Waals surface area contributed by atoms with Crippen molar-refractivity contribution >= 4 is 33.9 Å². The molecule has 3 heterocycles. The predicted octanol–water partition coefficient (Wildman–Crippen LogP) is 2.96. The summed E-state index contributed by atoms with van der Waals surface area (Å²) in [6.07, 6.45) is 1.89. The van der Waals surface area contributed by atoms with E-state index in [9.17, 15) is 0 Å². The molecule has 1 aromatic heterocycles. The van der Waals surface area contributed by atoms with Gasteiger partial charge in [0.1, 0.15) is 0 Å². The highest BCUT2D eigenvalue weighted by Gasteiger charge is 2.15. The van der Waals surface area contributed by atoms with Gasteiger partial charge < -0.3 is 24.8 Å². The Labute approximate surface area is 177 Å². The Balaban J connectivity index is 1.35. The molecule has 2 aliphatic heterocycles. The molecular formula is C23H28N6O. The van der Waals surface area contributed by atoms with Gasteiger partial charge in [0.15, 0.2) is 0 Å². The van der Waals surface area contributed by atoms with E-state index in [2.05, 4.69) is 74.5 Å². The summed E-state index contributed by atoms with van der Waals surface area (Å²) >= 11 is 0. The number of morpholine rings is 1. The van der Waals surface area contributed by atoms with Gasteiger partial charge in [-0.05, 0) is 43.4 Å². The molecule has 0 unspecified atom stereocenters. The minimum atomic E-state index is 0.622. The number of nitrogens with one attached hydrogen (secondary N) is 1. The quantitative estimate of drug-likeness (QED) is 0.717. The molecule has 7 nitrogen and oxygen atoms in total. The average Bonchev–Trinajstić information content (AvgIpc) is 2.80. The van der Waals surface area contributed by atoms with Gasteiger partial charge in [-0.3, -0.25) is 0 Å². The highest BCUT2D eigenvalue weighted by Crippen LogP contribution is 2.25. The number of likely N-dealkylation sites (N-methyl/N-ethyl adjacent to an activating group) is 1. The van der Waals surface area contributed by atoms with Crippen LogP contribution in [0.15, 0.2) is 48.7 Å². The van der Waals surface area contributed by atoms with Crippen LogP contribution in [0.5, 0.6) is 0 Å². The molecule has 0 amide bonds.